The van der Waals surface area contributed by atoms with Crippen LogP contribution in [-0.4, -0.2) is 59.2 Å². The van der Waals surface area contributed by atoms with Crippen LogP contribution in [0.2, 0.25) is 5.02 Å². The number of ether oxygens (including phenoxy) is 2. The summed E-state index contributed by atoms with van der Waals surface area (Å²) in [5.41, 5.74) is 3.30. The topological polar surface area (TPSA) is 84.9 Å². The summed E-state index contributed by atoms with van der Waals surface area (Å²) in [6.45, 7) is 0.0245. The Balaban J connectivity index is 1.53. The first-order valence-electron chi connectivity index (χ1n) is 12.9. The summed E-state index contributed by atoms with van der Waals surface area (Å²) in [4.78, 5) is 16.0. The quantitative estimate of drug-likeness (QED) is 0.342. The van der Waals surface area contributed by atoms with Gasteiger partial charge in [0, 0.05) is 45.2 Å². The molecule has 4 rings (SSSR count). The van der Waals surface area contributed by atoms with Crippen molar-refractivity contribution in [2.24, 2.45) is 5.92 Å². The van der Waals surface area contributed by atoms with E-state index in [4.69, 9.17) is 21.1 Å². The second-order valence-corrected chi connectivity index (χ2v) is 12.1. The minimum absolute atomic E-state index is 0.0245. The maximum absolute atomic E-state index is 14.1. The van der Waals surface area contributed by atoms with Crippen molar-refractivity contribution in [3.63, 3.8) is 0 Å². The van der Waals surface area contributed by atoms with Crippen molar-refractivity contribution in [1.82, 2.24) is 9.62 Å². The smallest absolute Gasteiger partial charge is 0.240 e. The summed E-state index contributed by atoms with van der Waals surface area (Å²) >= 11 is 5.90. The van der Waals surface area contributed by atoms with Crippen LogP contribution in [-0.2, 0) is 37.1 Å². The standard InChI is InChI=1S/C30H35ClN2O5S/c1-33(29-27-12-8-7-11-22(27)19-28(29)38-3)30(34)23(17-21-9-5-4-6-10-21)18-25(37-2)20-32-39(35,36)26-15-13-24(31)14-16-26/h4-16,23,25,28-29,32H,17-20H2,1-3H3/t23-,25+,28+,29+/m1/s1. The van der Waals surface area contributed by atoms with E-state index in [1.54, 1.807) is 12.0 Å². The first-order valence-corrected chi connectivity index (χ1v) is 14.8. The minimum atomic E-state index is -3.77. The molecule has 9 heteroatoms. The number of nitrogens with zero attached hydrogens (tertiary/aromatic N) is 1. The van der Waals surface area contributed by atoms with Crippen molar-refractivity contribution < 1.29 is 22.7 Å². The van der Waals surface area contributed by atoms with Gasteiger partial charge in [0.05, 0.1) is 23.1 Å². The van der Waals surface area contributed by atoms with Gasteiger partial charge in [-0.3, -0.25) is 4.79 Å². The van der Waals surface area contributed by atoms with Crippen LogP contribution < -0.4 is 4.72 Å². The number of fused-ring (bicyclic) bond motifs is 1. The van der Waals surface area contributed by atoms with Crippen LogP contribution in [0, 0.1) is 5.92 Å². The van der Waals surface area contributed by atoms with Crippen LogP contribution in [0.15, 0.2) is 83.8 Å². The van der Waals surface area contributed by atoms with Gasteiger partial charge >= 0.3 is 0 Å². The molecule has 1 aliphatic rings. The summed E-state index contributed by atoms with van der Waals surface area (Å²) in [6, 6.07) is 23.7. The van der Waals surface area contributed by atoms with Gasteiger partial charge in [0.25, 0.3) is 0 Å². The number of hydrogen-bond donors (Lipinski definition) is 1. The van der Waals surface area contributed by atoms with E-state index in [-0.39, 0.29) is 29.5 Å². The molecule has 0 saturated carbocycles. The minimum Gasteiger partial charge on any atom is -0.380 e. The Bertz CT molecular complexity index is 1350. The Morgan fingerprint density at radius 1 is 1.03 bits per heavy atom. The van der Waals surface area contributed by atoms with E-state index < -0.39 is 22.0 Å². The summed E-state index contributed by atoms with van der Waals surface area (Å²) in [6.07, 6.45) is 0.917. The van der Waals surface area contributed by atoms with Gasteiger partial charge in [0.1, 0.15) is 0 Å². The van der Waals surface area contributed by atoms with Crippen molar-refractivity contribution in [1.29, 1.82) is 0 Å². The fourth-order valence-corrected chi connectivity index (χ4v) is 6.47. The highest BCUT2D eigenvalue weighted by Crippen LogP contribution is 2.38. The molecule has 0 saturated heterocycles. The molecule has 3 aromatic rings. The normalized spacial score (nSPS) is 18.4. The SMILES string of the molecule is CO[C@H](CNS(=O)(=O)c1ccc(Cl)cc1)C[C@@H](Cc1ccccc1)C(=O)N(C)[C@H]1c2ccccc2C[C@@H]1OC. The number of carbonyl (C=O) groups is 1. The van der Waals surface area contributed by atoms with Gasteiger partial charge in [0.15, 0.2) is 0 Å². The molecule has 0 spiro atoms. The first kappa shape index (κ1) is 29.2. The highest BCUT2D eigenvalue weighted by atomic mass is 35.5. The molecule has 0 bridgehead atoms. The van der Waals surface area contributed by atoms with Crippen molar-refractivity contribution >= 4 is 27.5 Å². The number of benzene rings is 3. The molecule has 0 aromatic heterocycles. The number of halogens is 1. The van der Waals surface area contributed by atoms with Crippen molar-refractivity contribution in [3.8, 4) is 0 Å². The van der Waals surface area contributed by atoms with E-state index in [1.807, 2.05) is 49.5 Å². The van der Waals surface area contributed by atoms with Gasteiger partial charge in [-0.25, -0.2) is 13.1 Å². The highest BCUT2D eigenvalue weighted by Gasteiger charge is 2.39. The zero-order valence-corrected chi connectivity index (χ0v) is 24.0. The summed E-state index contributed by atoms with van der Waals surface area (Å²) in [5.74, 6) is -0.474. The van der Waals surface area contributed by atoms with E-state index in [1.165, 1.54) is 36.9 Å². The summed E-state index contributed by atoms with van der Waals surface area (Å²) < 4.78 is 39.8. The van der Waals surface area contributed by atoms with Crippen molar-refractivity contribution in [2.45, 2.75) is 42.4 Å². The van der Waals surface area contributed by atoms with Gasteiger partial charge in [-0.05, 0) is 53.8 Å². The number of sulfonamides is 1. The predicted molar refractivity (Wildman–Crippen MR) is 152 cm³/mol. The summed E-state index contributed by atoms with van der Waals surface area (Å²) in [5, 5.41) is 0.454. The number of nitrogens with one attached hydrogen (secondary N) is 1. The van der Waals surface area contributed by atoms with Gasteiger partial charge in [-0.1, -0.05) is 66.2 Å². The second-order valence-electron chi connectivity index (χ2n) is 9.86. The van der Waals surface area contributed by atoms with Crippen molar-refractivity contribution in [2.75, 3.05) is 27.8 Å². The average Bonchev–Trinajstić information content (AvgIpc) is 3.33. The molecule has 0 fully saturated rings. The largest absolute Gasteiger partial charge is 0.380 e. The van der Waals surface area contributed by atoms with E-state index in [9.17, 15) is 13.2 Å². The molecule has 0 radical (unpaired) electrons. The van der Waals surface area contributed by atoms with E-state index in [0.717, 1.165) is 17.5 Å². The van der Waals surface area contributed by atoms with Crippen LogP contribution in [0.3, 0.4) is 0 Å². The Morgan fingerprint density at radius 3 is 2.36 bits per heavy atom. The Kier molecular flexibility index (Phi) is 9.80. The molecule has 208 valence electrons. The van der Waals surface area contributed by atoms with E-state index in [2.05, 4.69) is 16.9 Å². The van der Waals surface area contributed by atoms with E-state index >= 15 is 0 Å². The number of rotatable bonds is 12. The molecule has 3 aromatic carbocycles. The number of amides is 1. The van der Waals surface area contributed by atoms with Crippen LogP contribution in [0.25, 0.3) is 0 Å². The lowest BCUT2D eigenvalue weighted by atomic mass is 9.91. The summed E-state index contributed by atoms with van der Waals surface area (Å²) in [7, 11) is 1.26. The molecular formula is C30H35ClN2O5S. The van der Waals surface area contributed by atoms with E-state index in [0.29, 0.717) is 17.9 Å². The van der Waals surface area contributed by atoms with Crippen LogP contribution in [0.1, 0.15) is 29.2 Å². The zero-order chi connectivity index (χ0) is 28.0. The predicted octanol–water partition coefficient (Wildman–Crippen LogP) is 4.65. The Labute approximate surface area is 236 Å². The van der Waals surface area contributed by atoms with Crippen LogP contribution in [0.5, 0.6) is 0 Å². The molecule has 0 heterocycles. The number of likely N-dealkylation sites (N-methyl/N-ethyl adjacent to an activating group) is 1. The lowest BCUT2D eigenvalue weighted by Gasteiger charge is -2.33. The number of methoxy groups -OCH3 is 2. The molecule has 7 nitrogen and oxygen atoms in total. The molecule has 0 aliphatic heterocycles. The monoisotopic (exact) mass is 570 g/mol. The van der Waals surface area contributed by atoms with Gasteiger partial charge in [-0.2, -0.15) is 0 Å². The molecule has 1 N–H and O–H groups in total. The van der Waals surface area contributed by atoms with Gasteiger partial charge in [0.2, 0.25) is 15.9 Å². The zero-order valence-electron chi connectivity index (χ0n) is 22.4. The number of carbonyl (C=O) groups excluding carboxylic acids is 1. The van der Waals surface area contributed by atoms with Crippen molar-refractivity contribution in [3.05, 3.63) is 101 Å². The Morgan fingerprint density at radius 2 is 1.69 bits per heavy atom. The van der Waals surface area contributed by atoms with Gasteiger partial charge < -0.3 is 14.4 Å². The lowest BCUT2D eigenvalue weighted by molar-refractivity contribution is -0.140. The molecule has 39 heavy (non-hydrogen) atoms. The number of hydrogen-bond acceptors (Lipinski definition) is 5. The third kappa shape index (κ3) is 7.07. The average molecular weight is 571 g/mol. The Hall–Kier alpha value is -2.75. The first-order chi connectivity index (χ1) is 18.7. The molecule has 1 aliphatic carbocycles. The highest BCUT2D eigenvalue weighted by molar-refractivity contribution is 7.89. The molecular weight excluding hydrogens is 536 g/mol. The van der Waals surface area contributed by atoms with Gasteiger partial charge in [-0.15, -0.1) is 0 Å². The molecule has 4 atom stereocenters. The second kappa shape index (κ2) is 13.1. The molecule has 0 unspecified atom stereocenters. The fraction of sp³-hybridized carbons (Fsp3) is 0.367. The fourth-order valence-electron chi connectivity index (χ4n) is 5.28. The third-order valence-electron chi connectivity index (χ3n) is 7.39. The lowest BCUT2D eigenvalue weighted by Crippen LogP contribution is -2.43. The molecule has 1 amide bonds. The van der Waals surface area contributed by atoms with Crippen LogP contribution in [0.4, 0.5) is 0 Å². The maximum atomic E-state index is 14.1. The third-order valence-corrected chi connectivity index (χ3v) is 9.09. The maximum Gasteiger partial charge on any atom is 0.240 e. The van der Waals surface area contributed by atoms with Crippen LogP contribution >= 0.6 is 11.6 Å².